The van der Waals surface area contributed by atoms with E-state index in [4.69, 9.17) is 4.42 Å². The van der Waals surface area contributed by atoms with Gasteiger partial charge in [0.1, 0.15) is 17.3 Å². The Morgan fingerprint density at radius 1 is 1.53 bits per heavy atom. The number of aryl methyl sites for hydroxylation is 1. The Kier molecular flexibility index (Phi) is 3.74. The molecule has 0 saturated heterocycles. The maximum absolute atomic E-state index is 13.1. The number of hydrogen-bond acceptors (Lipinski definition) is 5. The van der Waals surface area contributed by atoms with E-state index in [1.54, 1.807) is 6.20 Å². The molecule has 0 aliphatic carbocycles. The summed E-state index contributed by atoms with van der Waals surface area (Å²) in [6, 6.07) is 3.23. The van der Waals surface area contributed by atoms with Crippen LogP contribution in [0.5, 0.6) is 0 Å². The molecule has 2 aromatic rings. The van der Waals surface area contributed by atoms with Crippen molar-refractivity contribution in [2.75, 3.05) is 5.32 Å². The van der Waals surface area contributed by atoms with Crippen molar-refractivity contribution < 1.29 is 13.7 Å². The molecule has 0 aliphatic rings. The van der Waals surface area contributed by atoms with Crippen LogP contribution in [0, 0.1) is 15.9 Å². The number of rotatable bonds is 5. The predicted molar refractivity (Wildman–Crippen MR) is 66.3 cm³/mol. The molecule has 0 amide bonds. The van der Waals surface area contributed by atoms with Crippen LogP contribution in [-0.2, 0) is 13.0 Å². The minimum atomic E-state index is -0.575. The topological polar surface area (TPSA) is 81.2 Å². The van der Waals surface area contributed by atoms with E-state index >= 15 is 0 Å². The van der Waals surface area contributed by atoms with Crippen LogP contribution in [0.15, 0.2) is 28.8 Å². The molecule has 6 nitrogen and oxygen atoms in total. The van der Waals surface area contributed by atoms with Crippen LogP contribution in [0.3, 0.4) is 0 Å². The van der Waals surface area contributed by atoms with Gasteiger partial charge in [-0.05, 0) is 6.07 Å². The van der Waals surface area contributed by atoms with Gasteiger partial charge >= 0.3 is 0 Å². The van der Waals surface area contributed by atoms with Gasteiger partial charge in [-0.25, -0.2) is 9.37 Å². The molecule has 0 aliphatic heterocycles. The van der Waals surface area contributed by atoms with Gasteiger partial charge in [0, 0.05) is 18.6 Å². The Bertz CT molecular complexity index is 598. The lowest BCUT2D eigenvalue weighted by Crippen LogP contribution is -2.03. The highest BCUT2D eigenvalue weighted by Gasteiger charge is 2.14. The van der Waals surface area contributed by atoms with E-state index in [0.717, 1.165) is 24.0 Å². The Morgan fingerprint density at radius 2 is 2.32 bits per heavy atom. The summed E-state index contributed by atoms with van der Waals surface area (Å²) in [4.78, 5) is 14.2. The lowest BCUT2D eigenvalue weighted by Gasteiger charge is -2.04. The van der Waals surface area contributed by atoms with E-state index in [0.29, 0.717) is 12.3 Å². The van der Waals surface area contributed by atoms with Gasteiger partial charge in [-0.3, -0.25) is 10.1 Å². The van der Waals surface area contributed by atoms with Gasteiger partial charge in [0.05, 0.1) is 17.7 Å². The van der Waals surface area contributed by atoms with Gasteiger partial charge in [0.15, 0.2) is 0 Å². The van der Waals surface area contributed by atoms with Crippen molar-refractivity contribution >= 4 is 11.4 Å². The van der Waals surface area contributed by atoms with Crippen molar-refractivity contribution in [2.24, 2.45) is 0 Å². The molecule has 7 heteroatoms. The summed E-state index contributed by atoms with van der Waals surface area (Å²) < 4.78 is 18.4. The Balaban J connectivity index is 2.14. The van der Waals surface area contributed by atoms with Crippen LogP contribution in [0.4, 0.5) is 15.8 Å². The highest BCUT2D eigenvalue weighted by molar-refractivity contribution is 5.61. The second kappa shape index (κ2) is 5.47. The van der Waals surface area contributed by atoms with E-state index in [-0.39, 0.29) is 17.9 Å². The fraction of sp³-hybridized carbons (Fsp3) is 0.250. The molecule has 0 saturated carbocycles. The summed E-state index contributed by atoms with van der Waals surface area (Å²) in [5, 5.41) is 13.6. The quantitative estimate of drug-likeness (QED) is 0.664. The van der Waals surface area contributed by atoms with Crippen LogP contribution in [0.25, 0.3) is 0 Å². The largest absolute Gasteiger partial charge is 0.444 e. The van der Waals surface area contributed by atoms with Crippen LogP contribution in [0.2, 0.25) is 0 Å². The summed E-state index contributed by atoms with van der Waals surface area (Å²) in [6.45, 7) is 2.08. The van der Waals surface area contributed by atoms with Crippen molar-refractivity contribution in [3.8, 4) is 0 Å². The summed E-state index contributed by atoms with van der Waals surface area (Å²) in [5.41, 5.74) is -0.0927. The first-order valence-electron chi connectivity index (χ1n) is 5.71. The molecule has 0 radical (unpaired) electrons. The van der Waals surface area contributed by atoms with Crippen LogP contribution < -0.4 is 5.32 Å². The maximum atomic E-state index is 13.1. The van der Waals surface area contributed by atoms with Crippen molar-refractivity contribution in [3.05, 3.63) is 52.0 Å². The van der Waals surface area contributed by atoms with Gasteiger partial charge in [-0.1, -0.05) is 6.92 Å². The number of nitro groups is 1. The number of nitrogens with one attached hydrogen (secondary N) is 1. The zero-order chi connectivity index (χ0) is 13.8. The highest BCUT2D eigenvalue weighted by Crippen LogP contribution is 2.25. The third-order valence-electron chi connectivity index (χ3n) is 2.54. The number of hydrogen-bond donors (Lipinski definition) is 1. The molecule has 0 unspecified atom stereocenters. The minimum Gasteiger partial charge on any atom is -0.444 e. The summed E-state index contributed by atoms with van der Waals surface area (Å²) in [7, 11) is 0. The van der Waals surface area contributed by atoms with Crippen molar-refractivity contribution in [1.82, 2.24) is 4.98 Å². The number of anilines is 1. The molecule has 0 spiro atoms. The summed E-state index contributed by atoms with van der Waals surface area (Å²) in [6.07, 6.45) is 2.31. The van der Waals surface area contributed by atoms with Crippen molar-refractivity contribution in [3.63, 3.8) is 0 Å². The fourth-order valence-electron chi connectivity index (χ4n) is 1.57. The average molecular weight is 265 g/mol. The second-order valence-electron chi connectivity index (χ2n) is 3.85. The first kappa shape index (κ1) is 13.0. The maximum Gasteiger partial charge on any atom is 0.292 e. The zero-order valence-corrected chi connectivity index (χ0v) is 10.2. The lowest BCUT2D eigenvalue weighted by atomic mass is 10.2. The molecule has 0 bridgehead atoms. The van der Waals surface area contributed by atoms with E-state index in [1.165, 1.54) is 0 Å². The summed E-state index contributed by atoms with van der Waals surface area (Å²) >= 11 is 0. The number of oxazole rings is 1. The number of nitro benzene ring substituents is 1. The lowest BCUT2D eigenvalue weighted by molar-refractivity contribution is -0.384. The van der Waals surface area contributed by atoms with E-state index in [2.05, 4.69) is 10.3 Å². The van der Waals surface area contributed by atoms with Gasteiger partial charge in [0.25, 0.3) is 5.69 Å². The molecule has 19 heavy (non-hydrogen) atoms. The molecule has 2 rings (SSSR count). The van der Waals surface area contributed by atoms with E-state index in [9.17, 15) is 14.5 Å². The zero-order valence-electron chi connectivity index (χ0n) is 10.2. The Morgan fingerprint density at radius 3 is 2.95 bits per heavy atom. The van der Waals surface area contributed by atoms with Crippen LogP contribution in [0.1, 0.15) is 18.6 Å². The molecule has 1 aromatic heterocycles. The molecule has 0 fully saturated rings. The Labute approximate surface area is 108 Å². The third-order valence-corrected chi connectivity index (χ3v) is 2.54. The molecular weight excluding hydrogens is 253 g/mol. The predicted octanol–water partition coefficient (Wildman–Crippen LogP) is 2.90. The first-order valence-corrected chi connectivity index (χ1v) is 5.71. The second-order valence-corrected chi connectivity index (χ2v) is 3.85. The van der Waals surface area contributed by atoms with Gasteiger partial charge in [0.2, 0.25) is 5.89 Å². The molecule has 1 N–H and O–H groups in total. The van der Waals surface area contributed by atoms with Crippen molar-refractivity contribution in [1.29, 1.82) is 0 Å². The van der Waals surface area contributed by atoms with Gasteiger partial charge in [-0.15, -0.1) is 0 Å². The summed E-state index contributed by atoms with van der Waals surface area (Å²) in [5.74, 6) is 0.579. The number of halogens is 1. The first-order chi connectivity index (χ1) is 9.10. The van der Waals surface area contributed by atoms with Gasteiger partial charge in [-0.2, -0.15) is 0 Å². The number of aromatic nitrogens is 1. The standard InChI is InChI=1S/C12H12FN3O3/c1-2-9-6-15-12(19-9)7-14-10-5-8(13)3-4-11(10)16(17)18/h3-6,14H,2,7H2,1H3. The average Bonchev–Trinajstić information content (AvgIpc) is 2.84. The van der Waals surface area contributed by atoms with Crippen LogP contribution >= 0.6 is 0 Å². The van der Waals surface area contributed by atoms with Gasteiger partial charge < -0.3 is 9.73 Å². The Hall–Kier alpha value is -2.44. The highest BCUT2D eigenvalue weighted by atomic mass is 19.1. The molecular formula is C12H12FN3O3. The van der Waals surface area contributed by atoms with Crippen molar-refractivity contribution in [2.45, 2.75) is 19.9 Å². The fourth-order valence-corrected chi connectivity index (χ4v) is 1.57. The normalized spacial score (nSPS) is 10.4. The number of nitrogens with zero attached hydrogens (tertiary/aromatic N) is 2. The SMILES string of the molecule is CCc1cnc(CNc2cc(F)ccc2[N+](=O)[O-])o1. The third kappa shape index (κ3) is 3.06. The molecule has 1 aromatic carbocycles. The molecule has 0 atom stereocenters. The van der Waals surface area contributed by atoms with E-state index < -0.39 is 10.7 Å². The van der Waals surface area contributed by atoms with Crippen LogP contribution in [-0.4, -0.2) is 9.91 Å². The molecule has 100 valence electrons. The minimum absolute atomic E-state index is 0.0984. The van der Waals surface area contributed by atoms with E-state index in [1.807, 2.05) is 6.92 Å². The molecule has 1 heterocycles. The smallest absolute Gasteiger partial charge is 0.292 e. The number of benzene rings is 1. The monoisotopic (exact) mass is 265 g/mol.